The molecule has 29 heavy (non-hydrogen) atoms. The number of hydrogen-bond donors (Lipinski definition) is 1. The van der Waals surface area contributed by atoms with Crippen molar-refractivity contribution in [1.29, 1.82) is 0 Å². The van der Waals surface area contributed by atoms with E-state index in [1.54, 1.807) is 24.1 Å². The predicted molar refractivity (Wildman–Crippen MR) is 109 cm³/mol. The molecule has 0 spiro atoms. The van der Waals surface area contributed by atoms with Crippen molar-refractivity contribution >= 4 is 11.5 Å². The van der Waals surface area contributed by atoms with E-state index in [0.717, 1.165) is 16.7 Å². The maximum atomic E-state index is 13.5. The van der Waals surface area contributed by atoms with Crippen molar-refractivity contribution in [2.24, 2.45) is 0 Å². The second-order valence-electron chi connectivity index (χ2n) is 6.83. The van der Waals surface area contributed by atoms with Crippen LogP contribution in [0.3, 0.4) is 0 Å². The minimum Gasteiger partial charge on any atom is -0.503 e. The Balaban J connectivity index is 1.82. The second-order valence-corrected chi connectivity index (χ2v) is 6.83. The number of carbonyl (C=O) groups excluding carboxylic acids is 1. The van der Waals surface area contributed by atoms with Crippen LogP contribution in [-0.4, -0.2) is 23.0 Å². The van der Waals surface area contributed by atoms with Gasteiger partial charge in [-0.15, -0.1) is 0 Å². The van der Waals surface area contributed by atoms with Crippen LogP contribution in [0.4, 0.5) is 4.39 Å². The molecule has 0 unspecified atom stereocenters. The molecule has 5 heteroatoms. The molecule has 3 aromatic rings. The van der Waals surface area contributed by atoms with E-state index < -0.39 is 11.9 Å². The zero-order chi connectivity index (χ0) is 20.4. The minimum atomic E-state index is -0.546. The molecule has 1 amide bonds. The van der Waals surface area contributed by atoms with Crippen LogP contribution < -0.4 is 4.74 Å². The molecule has 1 N–H and O–H groups in total. The fraction of sp³-hybridized carbons (Fsp3) is 0.125. The monoisotopic (exact) mass is 389 g/mol. The van der Waals surface area contributed by atoms with E-state index in [1.807, 2.05) is 54.6 Å². The number of amides is 1. The molecule has 0 saturated heterocycles. The molecule has 3 aromatic carbocycles. The normalized spacial score (nSPS) is 16.4. The van der Waals surface area contributed by atoms with Crippen LogP contribution in [0, 0.1) is 5.82 Å². The Morgan fingerprint density at radius 1 is 0.966 bits per heavy atom. The summed E-state index contributed by atoms with van der Waals surface area (Å²) in [4.78, 5) is 14.6. The van der Waals surface area contributed by atoms with Crippen molar-refractivity contribution in [3.05, 3.63) is 107 Å². The van der Waals surface area contributed by atoms with Crippen molar-refractivity contribution in [1.82, 2.24) is 4.90 Å². The third kappa shape index (κ3) is 3.47. The van der Waals surface area contributed by atoms with Gasteiger partial charge in [-0.1, -0.05) is 60.7 Å². The van der Waals surface area contributed by atoms with Crippen LogP contribution in [0.15, 0.2) is 84.6 Å². The van der Waals surface area contributed by atoms with Crippen LogP contribution in [-0.2, 0) is 11.3 Å². The third-order valence-corrected chi connectivity index (χ3v) is 5.11. The fourth-order valence-corrected chi connectivity index (χ4v) is 3.74. The summed E-state index contributed by atoms with van der Waals surface area (Å²) in [5.41, 5.74) is 2.79. The quantitative estimate of drug-likeness (QED) is 0.676. The summed E-state index contributed by atoms with van der Waals surface area (Å²) in [7, 11) is 1.58. The molecular weight excluding hydrogens is 369 g/mol. The number of aliphatic hydroxyl groups is 1. The number of para-hydroxylation sites is 1. The molecule has 0 fully saturated rings. The molecule has 0 bridgehead atoms. The van der Waals surface area contributed by atoms with E-state index in [-0.39, 0.29) is 18.1 Å². The SMILES string of the molecule is COc1ccccc1CN1C(=O)C(O)=C(c2ccccc2)[C@@H]1c1ccc(F)cc1. The molecular formula is C24H20FNO3. The lowest BCUT2D eigenvalue weighted by molar-refractivity contribution is -0.130. The Bertz CT molecular complexity index is 1060. The van der Waals surface area contributed by atoms with E-state index in [9.17, 15) is 14.3 Å². The Kier molecular flexibility index (Phi) is 5.04. The largest absolute Gasteiger partial charge is 0.503 e. The topological polar surface area (TPSA) is 49.8 Å². The molecule has 0 aromatic heterocycles. The average molecular weight is 389 g/mol. The van der Waals surface area contributed by atoms with Gasteiger partial charge in [0.1, 0.15) is 11.6 Å². The van der Waals surface area contributed by atoms with Gasteiger partial charge in [0.05, 0.1) is 19.7 Å². The molecule has 0 radical (unpaired) electrons. The lowest BCUT2D eigenvalue weighted by atomic mass is 9.93. The second kappa shape index (κ2) is 7.80. The highest BCUT2D eigenvalue weighted by Crippen LogP contribution is 2.44. The number of halogens is 1. The molecule has 1 heterocycles. The molecule has 4 nitrogen and oxygen atoms in total. The zero-order valence-electron chi connectivity index (χ0n) is 15.9. The fourth-order valence-electron chi connectivity index (χ4n) is 3.74. The maximum absolute atomic E-state index is 13.5. The predicted octanol–water partition coefficient (Wildman–Crippen LogP) is 4.89. The highest BCUT2D eigenvalue weighted by atomic mass is 19.1. The lowest BCUT2D eigenvalue weighted by Crippen LogP contribution is -2.30. The Morgan fingerprint density at radius 2 is 1.62 bits per heavy atom. The number of rotatable bonds is 5. The maximum Gasteiger partial charge on any atom is 0.290 e. The Labute approximate surface area is 168 Å². The number of nitrogens with zero attached hydrogens (tertiary/aromatic N) is 1. The number of hydrogen-bond acceptors (Lipinski definition) is 3. The first kappa shape index (κ1) is 18.7. The smallest absolute Gasteiger partial charge is 0.290 e. The van der Waals surface area contributed by atoms with Gasteiger partial charge in [-0.25, -0.2) is 4.39 Å². The van der Waals surface area contributed by atoms with Gasteiger partial charge in [0.15, 0.2) is 5.76 Å². The van der Waals surface area contributed by atoms with Crippen molar-refractivity contribution < 1.29 is 19.0 Å². The number of ether oxygens (including phenoxy) is 1. The minimum absolute atomic E-state index is 0.241. The van der Waals surface area contributed by atoms with Crippen LogP contribution >= 0.6 is 0 Å². The summed E-state index contributed by atoms with van der Waals surface area (Å²) >= 11 is 0. The lowest BCUT2D eigenvalue weighted by Gasteiger charge is -2.28. The average Bonchev–Trinajstić information content (AvgIpc) is 3.00. The zero-order valence-corrected chi connectivity index (χ0v) is 15.9. The van der Waals surface area contributed by atoms with Gasteiger partial charge in [-0.2, -0.15) is 0 Å². The van der Waals surface area contributed by atoms with E-state index >= 15 is 0 Å². The van der Waals surface area contributed by atoms with Gasteiger partial charge < -0.3 is 14.7 Å². The Morgan fingerprint density at radius 3 is 2.31 bits per heavy atom. The summed E-state index contributed by atoms with van der Waals surface area (Å²) in [5, 5.41) is 10.8. The van der Waals surface area contributed by atoms with E-state index in [2.05, 4.69) is 0 Å². The van der Waals surface area contributed by atoms with Crippen LogP contribution in [0.25, 0.3) is 5.57 Å². The number of aliphatic hydroxyl groups excluding tert-OH is 1. The van der Waals surface area contributed by atoms with Gasteiger partial charge in [0.2, 0.25) is 0 Å². The van der Waals surface area contributed by atoms with Crippen LogP contribution in [0.2, 0.25) is 0 Å². The van der Waals surface area contributed by atoms with E-state index in [0.29, 0.717) is 11.3 Å². The van der Waals surface area contributed by atoms with Crippen LogP contribution in [0.5, 0.6) is 5.75 Å². The van der Waals surface area contributed by atoms with Crippen molar-refractivity contribution in [2.45, 2.75) is 12.6 Å². The molecule has 0 aliphatic carbocycles. The molecule has 1 atom stereocenters. The van der Waals surface area contributed by atoms with Gasteiger partial charge in [0.25, 0.3) is 5.91 Å². The summed E-state index contributed by atoms with van der Waals surface area (Å²) in [5.74, 6) is -0.459. The molecule has 1 aliphatic heterocycles. The Hall–Kier alpha value is -3.60. The van der Waals surface area contributed by atoms with E-state index in [4.69, 9.17) is 4.74 Å². The molecule has 0 saturated carbocycles. The molecule has 146 valence electrons. The van der Waals surface area contributed by atoms with E-state index in [1.165, 1.54) is 12.1 Å². The van der Waals surface area contributed by atoms with Gasteiger partial charge in [-0.05, 0) is 29.3 Å². The summed E-state index contributed by atoms with van der Waals surface area (Å²) in [6.45, 7) is 0.241. The number of methoxy groups -OCH3 is 1. The molecule has 4 rings (SSSR count). The summed E-state index contributed by atoms with van der Waals surface area (Å²) in [6, 6.07) is 22.2. The number of benzene rings is 3. The first-order chi connectivity index (χ1) is 14.1. The molecule has 1 aliphatic rings. The summed E-state index contributed by atoms with van der Waals surface area (Å²) in [6.07, 6.45) is 0. The van der Waals surface area contributed by atoms with Gasteiger partial charge in [0, 0.05) is 11.1 Å². The van der Waals surface area contributed by atoms with Crippen molar-refractivity contribution in [2.75, 3.05) is 7.11 Å². The number of carbonyl (C=O) groups is 1. The van der Waals surface area contributed by atoms with Gasteiger partial charge >= 0.3 is 0 Å². The van der Waals surface area contributed by atoms with Gasteiger partial charge in [-0.3, -0.25) is 4.79 Å². The first-order valence-corrected chi connectivity index (χ1v) is 9.27. The highest BCUT2D eigenvalue weighted by molar-refractivity contribution is 6.05. The first-order valence-electron chi connectivity index (χ1n) is 9.27. The van der Waals surface area contributed by atoms with Crippen molar-refractivity contribution in [3.8, 4) is 5.75 Å². The van der Waals surface area contributed by atoms with Crippen molar-refractivity contribution in [3.63, 3.8) is 0 Å². The summed E-state index contributed by atoms with van der Waals surface area (Å²) < 4.78 is 19.0. The van der Waals surface area contributed by atoms with Crippen LogP contribution in [0.1, 0.15) is 22.7 Å². The highest BCUT2D eigenvalue weighted by Gasteiger charge is 2.41. The standard InChI is InChI=1S/C24H20FNO3/c1-29-20-10-6-5-9-18(20)15-26-22(17-11-13-19(25)14-12-17)21(23(27)24(26)28)16-7-3-2-4-8-16/h2-14,22,27H,15H2,1H3/t22-/m0/s1. The third-order valence-electron chi connectivity index (χ3n) is 5.11.